The van der Waals surface area contributed by atoms with Crippen LogP contribution in [0.15, 0.2) is 29.2 Å². The molecule has 2 heterocycles. The number of piperidine rings is 1. The van der Waals surface area contributed by atoms with E-state index in [1.54, 1.807) is 24.1 Å². The zero-order valence-corrected chi connectivity index (χ0v) is 17.8. The summed E-state index contributed by atoms with van der Waals surface area (Å²) >= 11 is 0. The largest absolute Gasteiger partial charge is 0.383 e. The third-order valence-corrected chi connectivity index (χ3v) is 7.46. The van der Waals surface area contributed by atoms with Crippen LogP contribution in [0.1, 0.15) is 32.6 Å². The first-order valence-electron chi connectivity index (χ1n) is 10.0. The van der Waals surface area contributed by atoms with Crippen molar-refractivity contribution in [3.8, 4) is 0 Å². The van der Waals surface area contributed by atoms with Gasteiger partial charge in [0.2, 0.25) is 21.8 Å². The molecule has 8 nitrogen and oxygen atoms in total. The van der Waals surface area contributed by atoms with Crippen LogP contribution in [0.5, 0.6) is 0 Å². The first-order valence-corrected chi connectivity index (χ1v) is 11.5. The molecule has 1 aromatic carbocycles. The van der Waals surface area contributed by atoms with E-state index in [1.807, 2.05) is 6.92 Å². The van der Waals surface area contributed by atoms with Crippen LogP contribution in [0.4, 0.5) is 5.69 Å². The Morgan fingerprint density at radius 1 is 1.21 bits per heavy atom. The zero-order chi connectivity index (χ0) is 21.0. The number of benzene rings is 1. The minimum atomic E-state index is -3.50. The van der Waals surface area contributed by atoms with Crippen LogP contribution >= 0.6 is 0 Å². The lowest BCUT2D eigenvalue weighted by molar-refractivity contribution is -0.130. The number of carbonyl (C=O) groups excluding carboxylic acids is 2. The lowest BCUT2D eigenvalue weighted by Gasteiger charge is -2.26. The molecule has 29 heavy (non-hydrogen) atoms. The van der Waals surface area contributed by atoms with Crippen LogP contribution in [0.25, 0.3) is 0 Å². The number of hydrogen-bond acceptors (Lipinski definition) is 5. The normalized spacial score (nSPS) is 21.9. The van der Waals surface area contributed by atoms with Crippen LogP contribution in [0.3, 0.4) is 0 Å². The van der Waals surface area contributed by atoms with Gasteiger partial charge in [0.05, 0.1) is 23.5 Å². The van der Waals surface area contributed by atoms with Crippen molar-refractivity contribution >= 4 is 27.5 Å². The van der Waals surface area contributed by atoms with Crippen molar-refractivity contribution < 1.29 is 22.7 Å². The van der Waals surface area contributed by atoms with E-state index in [-0.39, 0.29) is 29.2 Å². The highest BCUT2D eigenvalue weighted by atomic mass is 32.2. The number of methoxy groups -OCH3 is 1. The number of nitrogens with zero attached hydrogens (tertiary/aromatic N) is 2. The number of hydrogen-bond donors (Lipinski definition) is 1. The van der Waals surface area contributed by atoms with Crippen molar-refractivity contribution in [2.45, 2.75) is 43.5 Å². The molecule has 1 N–H and O–H groups in total. The second-order valence-corrected chi connectivity index (χ2v) is 9.67. The molecule has 0 radical (unpaired) electrons. The predicted octanol–water partition coefficient (Wildman–Crippen LogP) is 1.68. The number of likely N-dealkylation sites (tertiary alicyclic amines) is 1. The van der Waals surface area contributed by atoms with E-state index < -0.39 is 15.9 Å². The van der Waals surface area contributed by atoms with E-state index in [2.05, 4.69) is 5.32 Å². The summed E-state index contributed by atoms with van der Waals surface area (Å²) in [6.07, 6.45) is 2.99. The average Bonchev–Trinajstić information content (AvgIpc) is 3.11. The lowest BCUT2D eigenvalue weighted by Crippen LogP contribution is -2.38. The molecular weight excluding hydrogens is 394 g/mol. The van der Waals surface area contributed by atoms with Crippen molar-refractivity contribution in [2.75, 3.05) is 38.7 Å². The van der Waals surface area contributed by atoms with Crippen molar-refractivity contribution in [1.29, 1.82) is 0 Å². The van der Waals surface area contributed by atoms with Crippen molar-refractivity contribution in [2.24, 2.45) is 5.92 Å². The number of anilines is 1. The number of sulfonamides is 1. The van der Waals surface area contributed by atoms with Gasteiger partial charge in [-0.1, -0.05) is 6.42 Å². The van der Waals surface area contributed by atoms with Crippen LogP contribution < -0.4 is 5.32 Å². The Morgan fingerprint density at radius 3 is 2.48 bits per heavy atom. The van der Waals surface area contributed by atoms with E-state index in [4.69, 9.17) is 4.74 Å². The Balaban J connectivity index is 1.61. The van der Waals surface area contributed by atoms with Crippen molar-refractivity contribution in [3.63, 3.8) is 0 Å². The number of nitrogens with one attached hydrogen (secondary N) is 1. The Hall–Kier alpha value is -1.97. The monoisotopic (exact) mass is 423 g/mol. The van der Waals surface area contributed by atoms with Gasteiger partial charge in [0, 0.05) is 38.9 Å². The van der Waals surface area contributed by atoms with Gasteiger partial charge in [-0.25, -0.2) is 8.42 Å². The predicted molar refractivity (Wildman–Crippen MR) is 109 cm³/mol. The van der Waals surface area contributed by atoms with E-state index in [9.17, 15) is 18.0 Å². The second-order valence-electron chi connectivity index (χ2n) is 7.73. The first-order chi connectivity index (χ1) is 13.8. The molecule has 9 heteroatoms. The molecule has 2 aliphatic rings. The molecule has 0 aromatic heterocycles. The Kier molecular flexibility index (Phi) is 6.92. The molecule has 2 saturated heterocycles. The van der Waals surface area contributed by atoms with Crippen LogP contribution in [-0.2, 0) is 24.3 Å². The fraction of sp³-hybridized carbons (Fsp3) is 0.600. The molecule has 160 valence electrons. The maximum Gasteiger partial charge on any atom is 0.243 e. The molecule has 0 bridgehead atoms. The molecule has 1 aromatic rings. The van der Waals surface area contributed by atoms with Gasteiger partial charge >= 0.3 is 0 Å². The molecule has 2 fully saturated rings. The molecule has 0 unspecified atom stereocenters. The summed E-state index contributed by atoms with van der Waals surface area (Å²) in [5.74, 6) is -0.728. The number of amides is 2. The summed E-state index contributed by atoms with van der Waals surface area (Å²) in [5, 5.41) is 2.80. The molecule has 0 saturated carbocycles. The fourth-order valence-electron chi connectivity index (χ4n) is 3.87. The highest BCUT2D eigenvalue weighted by molar-refractivity contribution is 7.89. The van der Waals surface area contributed by atoms with Gasteiger partial charge < -0.3 is 15.0 Å². The summed E-state index contributed by atoms with van der Waals surface area (Å²) in [6, 6.07) is 6.15. The summed E-state index contributed by atoms with van der Waals surface area (Å²) in [6.45, 7) is 3.77. The number of carbonyl (C=O) groups is 2. The molecule has 2 aliphatic heterocycles. The number of ether oxygens (including phenoxy) is 1. The topological polar surface area (TPSA) is 96.0 Å². The van der Waals surface area contributed by atoms with Crippen LogP contribution in [0.2, 0.25) is 0 Å². The van der Waals surface area contributed by atoms with Gasteiger partial charge in [0.25, 0.3) is 0 Å². The highest BCUT2D eigenvalue weighted by Gasteiger charge is 2.36. The zero-order valence-electron chi connectivity index (χ0n) is 17.0. The molecule has 2 amide bonds. The highest BCUT2D eigenvalue weighted by Crippen LogP contribution is 2.24. The quantitative estimate of drug-likeness (QED) is 0.720. The summed E-state index contributed by atoms with van der Waals surface area (Å²) < 4.78 is 32.0. The minimum absolute atomic E-state index is 0.0577. The van der Waals surface area contributed by atoms with E-state index in [0.717, 1.165) is 19.3 Å². The van der Waals surface area contributed by atoms with Gasteiger partial charge in [0.15, 0.2) is 0 Å². The van der Waals surface area contributed by atoms with Gasteiger partial charge in [-0.05, 0) is 44.0 Å². The maximum atomic E-state index is 12.7. The van der Waals surface area contributed by atoms with Crippen molar-refractivity contribution in [1.82, 2.24) is 9.21 Å². The number of rotatable bonds is 7. The molecule has 0 spiro atoms. The summed E-state index contributed by atoms with van der Waals surface area (Å²) in [5.41, 5.74) is 0.517. The standard InChI is InChI=1S/C20H29N3O5S/c1-15(14-28-2)23-13-16(12-19(23)24)20(25)21-17-6-8-18(9-7-17)29(26,27)22-10-4-3-5-11-22/h6-9,15-16H,3-5,10-14H2,1-2H3,(H,21,25)/t15-,16+/m0/s1. The smallest absolute Gasteiger partial charge is 0.243 e. The third kappa shape index (κ3) is 4.96. The Labute approximate surface area is 172 Å². The van der Waals surface area contributed by atoms with E-state index >= 15 is 0 Å². The van der Waals surface area contributed by atoms with Crippen molar-refractivity contribution in [3.05, 3.63) is 24.3 Å². The average molecular weight is 424 g/mol. The van der Waals surface area contributed by atoms with Gasteiger partial charge in [0.1, 0.15) is 0 Å². The van der Waals surface area contributed by atoms with Gasteiger partial charge in [-0.3, -0.25) is 9.59 Å². The fourth-order valence-corrected chi connectivity index (χ4v) is 5.39. The molecule has 0 aliphatic carbocycles. The third-order valence-electron chi connectivity index (χ3n) is 5.54. The minimum Gasteiger partial charge on any atom is -0.383 e. The van der Waals surface area contributed by atoms with Gasteiger partial charge in [-0.15, -0.1) is 0 Å². The molecule has 2 atom stereocenters. The van der Waals surface area contributed by atoms with Gasteiger partial charge in [-0.2, -0.15) is 4.31 Å². The Morgan fingerprint density at radius 2 is 1.86 bits per heavy atom. The molecule has 3 rings (SSSR count). The second kappa shape index (κ2) is 9.23. The van der Waals surface area contributed by atoms with Crippen LogP contribution in [-0.4, -0.2) is 68.8 Å². The van der Waals surface area contributed by atoms with Crippen LogP contribution in [0, 0.1) is 5.92 Å². The Bertz CT molecular complexity index is 834. The lowest BCUT2D eigenvalue weighted by atomic mass is 10.1. The SMILES string of the molecule is COC[C@H](C)N1C[C@H](C(=O)Nc2ccc(S(=O)(=O)N3CCCCC3)cc2)CC1=O. The summed E-state index contributed by atoms with van der Waals surface area (Å²) in [7, 11) is -1.92. The maximum absolute atomic E-state index is 12.7. The molecular formula is C20H29N3O5S. The summed E-state index contributed by atoms with van der Waals surface area (Å²) in [4.78, 5) is 26.6. The first kappa shape index (κ1) is 21.7. The van der Waals surface area contributed by atoms with E-state index in [1.165, 1.54) is 16.4 Å². The van der Waals surface area contributed by atoms with E-state index in [0.29, 0.717) is 31.9 Å².